The Labute approximate surface area is 222 Å². The fraction of sp³-hybridized carbons (Fsp3) is 0.286. The molecule has 0 aliphatic rings. The third-order valence-electron chi connectivity index (χ3n) is 4.31. The molecule has 3 N–H and O–H groups in total. The average Bonchev–Trinajstić information content (AvgIpc) is 2.77. The molecule has 0 saturated heterocycles. The molecule has 0 radical (unpaired) electrons. The van der Waals surface area contributed by atoms with Gasteiger partial charge in [-0.15, -0.1) is 0 Å². The molecular weight excluding hydrogens is 451 g/mol. The Morgan fingerprint density at radius 3 is 2.03 bits per heavy atom. The predicted molar refractivity (Wildman–Crippen MR) is 112 cm³/mol. The molecule has 34 heavy (non-hydrogen) atoms. The monoisotopic (exact) mass is 475 g/mol. The first-order valence-electron chi connectivity index (χ1n) is 9.74. The molecule has 10 nitrogen and oxygen atoms in total. The zero-order valence-corrected chi connectivity index (χ0v) is 20.2. The van der Waals surface area contributed by atoms with Gasteiger partial charge in [0, 0.05) is 0 Å². The average molecular weight is 475 g/mol. The molecule has 0 aliphatic carbocycles. The number of carboxylic acids is 1. The van der Waals surface area contributed by atoms with Crippen LogP contribution in [0.25, 0.3) is 0 Å². The molecule has 0 saturated carbocycles. The van der Waals surface area contributed by atoms with Gasteiger partial charge in [-0.2, -0.15) is 0 Å². The van der Waals surface area contributed by atoms with Crippen molar-refractivity contribution in [3.05, 3.63) is 71.8 Å². The SMILES string of the molecule is C[C@H](NP(=O)([O-])CNC(=O)OCc1ccccc1)C(=O)N[C@@H](Cc1ccccc1)C(=O)[O-].[Li+].[Li+]. The number of carbonyl (C=O) groups excluding carboxylic acids is 3. The molecule has 13 heteroatoms. The summed E-state index contributed by atoms with van der Waals surface area (Å²) in [7, 11) is -4.42. The molecule has 1 unspecified atom stereocenters. The van der Waals surface area contributed by atoms with Gasteiger partial charge in [0.05, 0.1) is 31.9 Å². The van der Waals surface area contributed by atoms with Gasteiger partial charge in [0.2, 0.25) is 5.91 Å². The number of aliphatic carboxylic acids is 1. The van der Waals surface area contributed by atoms with E-state index in [2.05, 4.69) is 15.7 Å². The Morgan fingerprint density at radius 1 is 0.971 bits per heavy atom. The van der Waals surface area contributed by atoms with E-state index in [-0.39, 0.29) is 50.7 Å². The minimum absolute atomic E-state index is 0. The number of amides is 2. The number of nitrogens with one attached hydrogen (secondary N) is 3. The largest absolute Gasteiger partial charge is 1.00 e. The summed E-state index contributed by atoms with van der Waals surface area (Å²) in [5, 5.41) is 17.8. The van der Waals surface area contributed by atoms with Gasteiger partial charge in [-0.3, -0.25) is 9.88 Å². The number of carbonyl (C=O) groups is 3. The zero-order chi connectivity index (χ0) is 23.6. The number of rotatable bonds is 11. The summed E-state index contributed by atoms with van der Waals surface area (Å²) in [6.07, 6.45) is -1.76. The van der Waals surface area contributed by atoms with E-state index in [0.717, 1.165) is 5.56 Å². The van der Waals surface area contributed by atoms with Crippen molar-refractivity contribution in [2.45, 2.75) is 32.0 Å². The summed E-state index contributed by atoms with van der Waals surface area (Å²) in [6.45, 7) is 1.22. The first-order chi connectivity index (χ1) is 15.2. The Bertz CT molecular complexity index is 967. The van der Waals surface area contributed by atoms with Crippen LogP contribution in [0.4, 0.5) is 4.79 Å². The maximum absolute atomic E-state index is 12.3. The van der Waals surface area contributed by atoms with Crippen LogP contribution >= 0.6 is 7.52 Å². The molecule has 0 heterocycles. The molecule has 0 bridgehead atoms. The normalized spacial score (nSPS) is 13.6. The van der Waals surface area contributed by atoms with Crippen LogP contribution in [0.5, 0.6) is 0 Å². The third kappa shape index (κ3) is 11.9. The second-order valence-electron chi connectivity index (χ2n) is 6.99. The van der Waals surface area contributed by atoms with Crippen molar-refractivity contribution in [1.82, 2.24) is 15.7 Å². The van der Waals surface area contributed by atoms with E-state index >= 15 is 0 Å². The van der Waals surface area contributed by atoms with Crippen LogP contribution in [0.2, 0.25) is 0 Å². The summed E-state index contributed by atoms with van der Waals surface area (Å²) < 4.78 is 17.1. The van der Waals surface area contributed by atoms with Gasteiger partial charge >= 0.3 is 43.8 Å². The van der Waals surface area contributed by atoms with Gasteiger partial charge in [-0.25, -0.2) is 4.79 Å². The van der Waals surface area contributed by atoms with Crippen LogP contribution in [0.1, 0.15) is 18.1 Å². The van der Waals surface area contributed by atoms with Crippen molar-refractivity contribution in [1.29, 1.82) is 0 Å². The Balaban J connectivity index is 0.00000544. The predicted octanol–water partition coefficient (Wildman–Crippen LogP) is -6.11. The van der Waals surface area contributed by atoms with Gasteiger partial charge in [-0.1, -0.05) is 60.7 Å². The van der Waals surface area contributed by atoms with E-state index in [1.807, 2.05) is 0 Å². The molecule has 2 rings (SSSR count). The number of hydrogen-bond donors (Lipinski definition) is 3. The van der Waals surface area contributed by atoms with Gasteiger partial charge in [0.1, 0.15) is 6.61 Å². The molecule has 2 aromatic carbocycles. The maximum atomic E-state index is 12.3. The van der Waals surface area contributed by atoms with E-state index in [1.165, 1.54) is 6.92 Å². The molecule has 0 aromatic heterocycles. The van der Waals surface area contributed by atoms with Crippen LogP contribution in [0.3, 0.4) is 0 Å². The fourth-order valence-corrected chi connectivity index (χ4v) is 3.82. The summed E-state index contributed by atoms with van der Waals surface area (Å²) in [5.74, 6) is -2.35. The van der Waals surface area contributed by atoms with Crippen molar-refractivity contribution in [3.8, 4) is 0 Å². The van der Waals surface area contributed by atoms with Gasteiger partial charge < -0.3 is 34.7 Å². The van der Waals surface area contributed by atoms with Crippen molar-refractivity contribution in [2.75, 3.05) is 6.29 Å². The van der Waals surface area contributed by atoms with Crippen LogP contribution < -0.4 is 63.4 Å². The Morgan fingerprint density at radius 2 is 1.50 bits per heavy atom. The van der Waals surface area contributed by atoms with Gasteiger partial charge in [0.25, 0.3) is 0 Å². The molecule has 172 valence electrons. The van der Waals surface area contributed by atoms with Crippen LogP contribution in [0.15, 0.2) is 60.7 Å². The van der Waals surface area contributed by atoms with Crippen molar-refractivity contribution in [3.63, 3.8) is 0 Å². The molecule has 0 aliphatic heterocycles. The molecular formula is C21H24Li2N3O7P. The Hall–Kier alpha value is -2.01. The van der Waals surface area contributed by atoms with Gasteiger partial charge in [0.15, 0.2) is 0 Å². The van der Waals surface area contributed by atoms with Crippen LogP contribution in [0, 0.1) is 0 Å². The zero-order valence-electron chi connectivity index (χ0n) is 19.4. The van der Waals surface area contributed by atoms with E-state index in [0.29, 0.717) is 5.56 Å². The van der Waals surface area contributed by atoms with Crippen molar-refractivity contribution < 1.29 is 71.4 Å². The van der Waals surface area contributed by atoms with E-state index in [4.69, 9.17) is 4.74 Å². The molecule has 2 amide bonds. The fourth-order valence-electron chi connectivity index (χ4n) is 2.68. The summed E-state index contributed by atoms with van der Waals surface area (Å²) in [4.78, 5) is 47.5. The quantitative estimate of drug-likeness (QED) is 0.214. The summed E-state index contributed by atoms with van der Waals surface area (Å²) >= 11 is 0. The molecule has 0 spiro atoms. The standard InChI is InChI=1S/C21H26N3O7P.2Li/c1-15(19(25)23-18(20(26)27)12-16-8-4-2-5-9-16)24-32(29,30)14-22-21(28)31-13-17-10-6-3-7-11-17;;/h2-11,15,18H,12-14H2,1H3,(H,22,28)(H,23,25)(H,26,27)(H2,24,29,30);;/q;2*+1/p-2/t15-,18-;;/m0../s1. The molecule has 3 atom stereocenters. The van der Waals surface area contributed by atoms with E-state index in [9.17, 15) is 28.9 Å². The second-order valence-corrected chi connectivity index (χ2v) is 8.91. The Kier molecular flexibility index (Phi) is 14.9. The van der Waals surface area contributed by atoms with Gasteiger partial charge in [-0.05, 0) is 24.5 Å². The van der Waals surface area contributed by atoms with E-state index < -0.39 is 43.9 Å². The van der Waals surface area contributed by atoms with Crippen molar-refractivity contribution in [2.24, 2.45) is 0 Å². The minimum atomic E-state index is -4.42. The van der Waals surface area contributed by atoms with E-state index in [1.54, 1.807) is 60.7 Å². The number of hydrogen-bond acceptors (Lipinski definition) is 7. The molecule has 2 aromatic rings. The number of alkyl carbamates (subject to hydrolysis) is 1. The number of benzene rings is 2. The van der Waals surface area contributed by atoms with Crippen molar-refractivity contribution >= 4 is 25.5 Å². The summed E-state index contributed by atoms with van der Waals surface area (Å²) in [6, 6.07) is 14.8. The maximum Gasteiger partial charge on any atom is 1.00 e. The number of carboxylic acid groups (broad SMARTS) is 1. The minimum Gasteiger partial charge on any atom is -0.787 e. The second kappa shape index (κ2) is 15.8. The van der Waals surface area contributed by atoms with Crippen LogP contribution in [-0.2, 0) is 31.9 Å². The first kappa shape index (κ1) is 32.0. The topological polar surface area (TPSA) is 160 Å². The first-order valence-corrected chi connectivity index (χ1v) is 11.5. The summed E-state index contributed by atoms with van der Waals surface area (Å²) in [5.41, 5.74) is 1.39. The number of ether oxygens (including phenoxy) is 1. The molecule has 0 fully saturated rings. The third-order valence-corrected chi connectivity index (χ3v) is 5.67. The van der Waals surface area contributed by atoms with Crippen LogP contribution in [-0.4, -0.2) is 36.3 Å². The smallest absolute Gasteiger partial charge is 0.787 e.